The number of carbonyl (C=O) groups excluding carboxylic acids is 2. The summed E-state index contributed by atoms with van der Waals surface area (Å²) in [7, 11) is 0. The van der Waals surface area contributed by atoms with Crippen molar-refractivity contribution in [3.05, 3.63) is 48.0 Å². The number of fused-ring (bicyclic) bond motifs is 1. The van der Waals surface area contributed by atoms with Crippen LogP contribution in [0, 0.1) is 5.41 Å². The maximum atomic E-state index is 13.5. The van der Waals surface area contributed by atoms with Crippen molar-refractivity contribution < 1.29 is 14.3 Å². The molecule has 1 aliphatic rings. The SMILES string of the molecule is CC(C)OC(=O)C1CSC(C(C)(C)C)N1C(=O)c1ccc2ccccc2c1. The number of nitrogens with zero attached hydrogens (tertiary/aromatic N) is 1. The molecule has 1 amide bonds. The number of hydrogen-bond donors (Lipinski definition) is 0. The Morgan fingerprint density at radius 2 is 1.78 bits per heavy atom. The summed E-state index contributed by atoms with van der Waals surface area (Å²) < 4.78 is 5.44. The van der Waals surface area contributed by atoms with Gasteiger partial charge < -0.3 is 9.64 Å². The van der Waals surface area contributed by atoms with Crippen LogP contribution in [-0.2, 0) is 9.53 Å². The van der Waals surface area contributed by atoms with E-state index in [2.05, 4.69) is 20.8 Å². The van der Waals surface area contributed by atoms with Crippen LogP contribution in [0.3, 0.4) is 0 Å². The molecule has 0 radical (unpaired) electrons. The Balaban J connectivity index is 1.97. The minimum Gasteiger partial charge on any atom is -0.461 e. The molecule has 3 rings (SSSR count). The maximum Gasteiger partial charge on any atom is 0.330 e. The summed E-state index contributed by atoms with van der Waals surface area (Å²) in [5, 5.41) is 2.03. The second-order valence-electron chi connectivity index (χ2n) is 8.33. The fraction of sp³-hybridized carbons (Fsp3) is 0.455. The van der Waals surface area contributed by atoms with Crippen LogP contribution in [0.1, 0.15) is 45.0 Å². The van der Waals surface area contributed by atoms with Gasteiger partial charge in [0.05, 0.1) is 11.5 Å². The first-order valence-corrected chi connectivity index (χ1v) is 10.4. The number of hydrogen-bond acceptors (Lipinski definition) is 4. The lowest BCUT2D eigenvalue weighted by molar-refractivity contribution is -0.152. The fourth-order valence-electron chi connectivity index (χ4n) is 3.39. The molecule has 0 aromatic heterocycles. The second-order valence-corrected chi connectivity index (χ2v) is 9.44. The van der Waals surface area contributed by atoms with Crippen LogP contribution < -0.4 is 0 Å². The van der Waals surface area contributed by atoms with Crippen molar-refractivity contribution in [2.75, 3.05) is 5.75 Å². The Bertz CT molecular complexity index is 856. The van der Waals surface area contributed by atoms with Crippen LogP contribution in [0.5, 0.6) is 0 Å². The van der Waals surface area contributed by atoms with Gasteiger partial charge in [-0.3, -0.25) is 4.79 Å². The first-order chi connectivity index (χ1) is 12.7. The van der Waals surface area contributed by atoms with E-state index in [-0.39, 0.29) is 28.8 Å². The van der Waals surface area contributed by atoms with Gasteiger partial charge in [0.1, 0.15) is 6.04 Å². The van der Waals surface area contributed by atoms with Gasteiger partial charge in [0.25, 0.3) is 5.91 Å². The van der Waals surface area contributed by atoms with Crippen LogP contribution in [0.4, 0.5) is 0 Å². The van der Waals surface area contributed by atoms with Crippen LogP contribution in [-0.4, -0.2) is 40.0 Å². The van der Waals surface area contributed by atoms with Gasteiger partial charge in [0, 0.05) is 11.3 Å². The van der Waals surface area contributed by atoms with Crippen molar-refractivity contribution in [1.82, 2.24) is 4.90 Å². The lowest BCUT2D eigenvalue weighted by atomic mass is 9.94. The van der Waals surface area contributed by atoms with E-state index in [1.54, 1.807) is 16.7 Å². The van der Waals surface area contributed by atoms with Gasteiger partial charge in [-0.15, -0.1) is 11.8 Å². The summed E-state index contributed by atoms with van der Waals surface area (Å²) in [5.74, 6) is 0.127. The Morgan fingerprint density at radius 1 is 1.11 bits per heavy atom. The summed E-state index contributed by atoms with van der Waals surface area (Å²) in [6, 6.07) is 13.1. The van der Waals surface area contributed by atoms with Crippen molar-refractivity contribution in [1.29, 1.82) is 0 Å². The van der Waals surface area contributed by atoms with Gasteiger partial charge in [0.15, 0.2) is 0 Å². The highest BCUT2D eigenvalue weighted by Crippen LogP contribution is 2.41. The molecule has 1 aliphatic heterocycles. The molecule has 0 saturated carbocycles. The molecule has 27 heavy (non-hydrogen) atoms. The van der Waals surface area contributed by atoms with Gasteiger partial charge >= 0.3 is 5.97 Å². The second kappa shape index (κ2) is 7.55. The van der Waals surface area contributed by atoms with Gasteiger partial charge in [-0.25, -0.2) is 4.79 Å². The summed E-state index contributed by atoms with van der Waals surface area (Å²) >= 11 is 1.65. The van der Waals surface area contributed by atoms with E-state index in [9.17, 15) is 9.59 Å². The number of carbonyl (C=O) groups is 2. The maximum absolute atomic E-state index is 13.5. The van der Waals surface area contributed by atoms with E-state index in [1.807, 2.05) is 56.3 Å². The molecule has 144 valence electrons. The third kappa shape index (κ3) is 4.13. The Labute approximate surface area is 165 Å². The summed E-state index contributed by atoms with van der Waals surface area (Å²) in [6.07, 6.45) is -0.200. The molecular weight excluding hydrogens is 358 g/mol. The standard InChI is InChI=1S/C22H27NO3S/c1-14(2)26-20(25)18-13-27-21(22(3,4)5)23(18)19(24)17-11-10-15-8-6-7-9-16(15)12-17/h6-12,14,18,21H,13H2,1-5H3. The molecule has 2 aromatic carbocycles. The lowest BCUT2D eigenvalue weighted by Gasteiger charge is -2.36. The summed E-state index contributed by atoms with van der Waals surface area (Å²) in [6.45, 7) is 9.96. The molecule has 0 N–H and O–H groups in total. The zero-order chi connectivity index (χ0) is 19.8. The largest absolute Gasteiger partial charge is 0.461 e. The Kier molecular flexibility index (Phi) is 5.52. The normalized spacial score (nSPS) is 20.3. The van der Waals surface area contributed by atoms with Crippen molar-refractivity contribution in [3.8, 4) is 0 Å². The number of thioether (sulfide) groups is 1. The first kappa shape index (κ1) is 19.7. The average molecular weight is 386 g/mol. The molecule has 4 nitrogen and oxygen atoms in total. The highest BCUT2D eigenvalue weighted by Gasteiger charge is 2.47. The molecule has 2 aromatic rings. The smallest absolute Gasteiger partial charge is 0.330 e. The summed E-state index contributed by atoms with van der Waals surface area (Å²) in [4.78, 5) is 27.8. The zero-order valence-corrected chi connectivity index (χ0v) is 17.4. The highest BCUT2D eigenvalue weighted by atomic mass is 32.2. The number of amides is 1. The van der Waals surface area contributed by atoms with Crippen molar-refractivity contribution >= 4 is 34.4 Å². The number of ether oxygens (including phenoxy) is 1. The molecule has 1 heterocycles. The van der Waals surface area contributed by atoms with E-state index < -0.39 is 6.04 Å². The van der Waals surface area contributed by atoms with Gasteiger partial charge in [0.2, 0.25) is 0 Å². The fourth-order valence-corrected chi connectivity index (χ4v) is 4.95. The van der Waals surface area contributed by atoms with Crippen molar-refractivity contribution in [2.24, 2.45) is 5.41 Å². The van der Waals surface area contributed by atoms with Crippen LogP contribution >= 0.6 is 11.8 Å². The number of benzene rings is 2. The van der Waals surface area contributed by atoms with Crippen LogP contribution in [0.25, 0.3) is 10.8 Å². The topological polar surface area (TPSA) is 46.6 Å². The molecular formula is C22H27NO3S. The van der Waals surface area contributed by atoms with Gasteiger partial charge in [-0.2, -0.15) is 0 Å². The predicted octanol–water partition coefficient (Wildman–Crippen LogP) is 4.72. The monoisotopic (exact) mass is 385 g/mol. The summed E-state index contributed by atoms with van der Waals surface area (Å²) in [5.41, 5.74) is 0.456. The predicted molar refractivity (Wildman–Crippen MR) is 111 cm³/mol. The Morgan fingerprint density at radius 3 is 2.41 bits per heavy atom. The zero-order valence-electron chi connectivity index (χ0n) is 16.6. The lowest BCUT2D eigenvalue weighted by Crippen LogP contribution is -2.50. The van der Waals surface area contributed by atoms with E-state index in [1.165, 1.54) is 0 Å². The molecule has 0 aliphatic carbocycles. The van der Waals surface area contributed by atoms with E-state index in [0.717, 1.165) is 10.8 Å². The molecule has 2 unspecified atom stereocenters. The number of esters is 1. The van der Waals surface area contributed by atoms with Crippen molar-refractivity contribution in [3.63, 3.8) is 0 Å². The number of rotatable bonds is 3. The third-order valence-electron chi connectivity index (χ3n) is 4.60. The quantitative estimate of drug-likeness (QED) is 0.717. The highest BCUT2D eigenvalue weighted by molar-refractivity contribution is 8.00. The van der Waals surface area contributed by atoms with Gasteiger partial charge in [-0.05, 0) is 42.2 Å². The van der Waals surface area contributed by atoms with E-state index >= 15 is 0 Å². The molecule has 2 atom stereocenters. The molecule has 0 spiro atoms. The first-order valence-electron chi connectivity index (χ1n) is 9.32. The third-order valence-corrected chi connectivity index (χ3v) is 6.35. The minimum absolute atomic E-state index is 0.0822. The molecule has 1 saturated heterocycles. The van der Waals surface area contributed by atoms with Crippen LogP contribution in [0.15, 0.2) is 42.5 Å². The Hall–Kier alpha value is -2.01. The minimum atomic E-state index is -0.555. The average Bonchev–Trinajstić information content (AvgIpc) is 3.05. The van der Waals surface area contributed by atoms with E-state index in [0.29, 0.717) is 11.3 Å². The van der Waals surface area contributed by atoms with Crippen LogP contribution in [0.2, 0.25) is 0 Å². The van der Waals surface area contributed by atoms with E-state index in [4.69, 9.17) is 4.74 Å². The van der Waals surface area contributed by atoms with Crippen molar-refractivity contribution in [2.45, 2.75) is 52.1 Å². The molecule has 0 bridgehead atoms. The molecule has 1 fully saturated rings. The molecule has 5 heteroatoms. The van der Waals surface area contributed by atoms with Gasteiger partial charge in [-0.1, -0.05) is 51.1 Å².